The fraction of sp³-hybridized carbons (Fsp3) is 1.00. The fourth-order valence-corrected chi connectivity index (χ4v) is 1.01. The lowest BCUT2D eigenvalue weighted by molar-refractivity contribution is 0.403. The zero-order valence-electron chi connectivity index (χ0n) is 6.77. The average Bonchev–Trinajstić information content (AvgIpc) is 2.38. The molecule has 0 aliphatic carbocycles. The molecule has 0 aromatic heterocycles. The van der Waals surface area contributed by atoms with Crippen LogP contribution in [0.1, 0.15) is 12.8 Å². The molecule has 0 spiro atoms. The molecule has 0 atom stereocenters. The Kier molecular flexibility index (Phi) is 3.84. The molecule has 10 heavy (non-hydrogen) atoms. The van der Waals surface area contributed by atoms with Gasteiger partial charge in [-0.15, -0.1) is 0 Å². The molecule has 1 radical (unpaired) electrons. The van der Waals surface area contributed by atoms with Crippen molar-refractivity contribution in [1.29, 1.82) is 0 Å². The number of hydrogen-bond donors (Lipinski definition) is 1. The number of nitrogens with zero attached hydrogens (tertiary/aromatic N) is 1. The summed E-state index contributed by atoms with van der Waals surface area (Å²) in [5, 5.41) is 3.22. The Morgan fingerprint density at radius 2 is 1.70 bits per heavy atom. The van der Waals surface area contributed by atoms with Crippen molar-refractivity contribution < 1.29 is 0 Å². The van der Waals surface area contributed by atoms with Gasteiger partial charge < -0.3 is 10.2 Å². The monoisotopic (exact) mass is 139 g/mol. The summed E-state index contributed by atoms with van der Waals surface area (Å²) in [5.41, 5.74) is 0. The van der Waals surface area contributed by atoms with Crippen LogP contribution in [-0.4, -0.2) is 45.2 Å². The Labute approximate surface area is 64.2 Å². The molecule has 2 saturated heterocycles. The molecule has 2 fully saturated rings. The summed E-state index contributed by atoms with van der Waals surface area (Å²) in [7, 11) is 4.36. The lowest BCUT2D eigenvalue weighted by Crippen LogP contribution is -2.41. The smallest absolute Gasteiger partial charge is 0.147 e. The van der Waals surface area contributed by atoms with Crippen LogP contribution in [-0.2, 0) is 0 Å². The molecule has 0 amide bonds. The second-order valence-corrected chi connectivity index (χ2v) is 2.97. The minimum absolute atomic E-state index is 1.19. The molecule has 0 unspecified atom stereocenters. The topological polar surface area (TPSA) is 15.3 Å². The average molecular weight is 139 g/mol. The minimum atomic E-state index is 1.19. The Morgan fingerprint density at radius 1 is 1.20 bits per heavy atom. The van der Waals surface area contributed by atoms with Crippen LogP contribution in [0, 0.1) is 0 Å². The van der Waals surface area contributed by atoms with Crippen LogP contribution in [0.5, 0.6) is 0 Å². The molecule has 0 aromatic rings. The Bertz CT molecular complexity index is 72.1. The van der Waals surface area contributed by atoms with Gasteiger partial charge in [0.25, 0.3) is 0 Å². The van der Waals surface area contributed by atoms with Crippen molar-refractivity contribution in [2.24, 2.45) is 0 Å². The van der Waals surface area contributed by atoms with Gasteiger partial charge in [0.2, 0.25) is 0 Å². The van der Waals surface area contributed by atoms with Crippen molar-refractivity contribution >= 4 is 7.28 Å². The lowest BCUT2D eigenvalue weighted by atomic mass is 9.70. The van der Waals surface area contributed by atoms with Gasteiger partial charge in [0, 0.05) is 0 Å². The van der Waals surface area contributed by atoms with Crippen LogP contribution in [0.4, 0.5) is 0 Å². The van der Waals surface area contributed by atoms with Gasteiger partial charge in [-0.05, 0) is 45.9 Å². The lowest BCUT2D eigenvalue weighted by Gasteiger charge is -2.24. The zero-order chi connectivity index (χ0) is 7.23. The maximum Gasteiger partial charge on any atom is 0.147 e. The maximum absolute atomic E-state index is 3.22. The zero-order valence-corrected chi connectivity index (χ0v) is 6.77. The van der Waals surface area contributed by atoms with E-state index in [2.05, 4.69) is 24.5 Å². The Hall–Kier alpha value is -0.0151. The molecule has 2 rings (SSSR count). The van der Waals surface area contributed by atoms with Crippen LogP contribution in [0.25, 0.3) is 0 Å². The maximum atomic E-state index is 3.22. The second-order valence-electron chi connectivity index (χ2n) is 2.97. The molecule has 0 bridgehead atoms. The second kappa shape index (κ2) is 4.75. The van der Waals surface area contributed by atoms with E-state index in [4.69, 9.17) is 0 Å². The predicted molar refractivity (Wildman–Crippen MR) is 45.4 cm³/mol. The molecule has 57 valence electrons. The molecule has 3 heteroatoms. The third-order valence-corrected chi connectivity index (χ3v) is 1.84. The quantitative estimate of drug-likeness (QED) is 0.472. The van der Waals surface area contributed by atoms with E-state index in [0.29, 0.717) is 0 Å². The van der Waals surface area contributed by atoms with Crippen LogP contribution >= 0.6 is 0 Å². The summed E-state index contributed by atoms with van der Waals surface area (Å²) in [6.07, 6.45) is 5.17. The summed E-state index contributed by atoms with van der Waals surface area (Å²) in [6, 6.07) is 0. The van der Waals surface area contributed by atoms with E-state index in [1.54, 1.807) is 0 Å². The first-order valence-electron chi connectivity index (χ1n) is 4.10. The van der Waals surface area contributed by atoms with E-state index < -0.39 is 0 Å². The third-order valence-electron chi connectivity index (χ3n) is 1.84. The predicted octanol–water partition coefficient (Wildman–Crippen LogP) is -0.0792. The molecule has 0 aromatic carbocycles. The van der Waals surface area contributed by atoms with Crippen molar-refractivity contribution in [1.82, 2.24) is 10.2 Å². The number of hydrogen-bond acceptors (Lipinski definition) is 2. The molecule has 1 N–H and O–H groups in total. The molecular weight excluding hydrogens is 123 g/mol. The first-order chi connectivity index (χ1) is 4.89. The van der Waals surface area contributed by atoms with Crippen LogP contribution in [0.15, 0.2) is 0 Å². The van der Waals surface area contributed by atoms with Gasteiger partial charge >= 0.3 is 0 Å². The summed E-state index contributed by atoms with van der Waals surface area (Å²) < 4.78 is 0. The Morgan fingerprint density at radius 3 is 1.80 bits per heavy atom. The van der Waals surface area contributed by atoms with Crippen molar-refractivity contribution in [3.63, 3.8) is 0 Å². The van der Waals surface area contributed by atoms with Crippen LogP contribution in [0.3, 0.4) is 0 Å². The van der Waals surface area contributed by atoms with Gasteiger partial charge in [-0.25, -0.2) is 0 Å². The van der Waals surface area contributed by atoms with Crippen LogP contribution < -0.4 is 5.32 Å². The minimum Gasteiger partial charge on any atom is -0.322 e. The van der Waals surface area contributed by atoms with E-state index in [1.807, 2.05) is 0 Å². The number of rotatable bonds is 0. The Balaban J connectivity index is 0.0000001000. The number of nitrogens with one attached hydrogen (secondary N) is 1. The highest BCUT2D eigenvalue weighted by Crippen LogP contribution is 1.90. The third kappa shape index (κ3) is 3.23. The fourth-order valence-electron chi connectivity index (χ4n) is 1.01. The summed E-state index contributed by atoms with van der Waals surface area (Å²) in [6.45, 7) is 2.50. The van der Waals surface area contributed by atoms with Crippen molar-refractivity contribution in [2.75, 3.05) is 33.0 Å². The van der Waals surface area contributed by atoms with Gasteiger partial charge in [-0.1, -0.05) is 0 Å². The first-order valence-corrected chi connectivity index (χ1v) is 4.10. The van der Waals surface area contributed by atoms with Gasteiger partial charge in [-0.3, -0.25) is 0 Å². The summed E-state index contributed by atoms with van der Waals surface area (Å²) in [4.78, 5) is 2.25. The first kappa shape index (κ1) is 8.09. The highest BCUT2D eigenvalue weighted by molar-refractivity contribution is 6.39. The molecule has 2 nitrogen and oxygen atoms in total. The van der Waals surface area contributed by atoms with E-state index in [0.717, 1.165) is 0 Å². The summed E-state index contributed by atoms with van der Waals surface area (Å²) in [5.74, 6) is 0. The molecular formula is C7H16BN2. The highest BCUT2D eigenvalue weighted by Gasteiger charge is 2.06. The van der Waals surface area contributed by atoms with Gasteiger partial charge in [0.05, 0.1) is 0 Å². The van der Waals surface area contributed by atoms with Crippen LogP contribution in [0.2, 0.25) is 0 Å². The molecule has 2 aliphatic rings. The molecule has 2 aliphatic heterocycles. The van der Waals surface area contributed by atoms with Crippen molar-refractivity contribution in [2.45, 2.75) is 12.8 Å². The van der Waals surface area contributed by atoms with Crippen molar-refractivity contribution in [3.05, 3.63) is 0 Å². The normalized spacial score (nSPS) is 24.1. The van der Waals surface area contributed by atoms with Gasteiger partial charge in [0.15, 0.2) is 0 Å². The standard InChI is InChI=1S/C4H9N.C3H7BN/c1-2-4-5-3-1;1-5-2-4-3-5/h5H,1-4H2;2-3H2,1H3. The SMILES string of the molecule is C1CCNC1.CN1C[B]C1. The molecule has 2 heterocycles. The van der Waals surface area contributed by atoms with Gasteiger partial charge in [0.1, 0.15) is 7.28 Å². The van der Waals surface area contributed by atoms with E-state index in [1.165, 1.54) is 38.8 Å². The molecule has 0 saturated carbocycles. The van der Waals surface area contributed by atoms with E-state index in [9.17, 15) is 0 Å². The van der Waals surface area contributed by atoms with Gasteiger partial charge in [-0.2, -0.15) is 0 Å². The van der Waals surface area contributed by atoms with E-state index >= 15 is 0 Å². The van der Waals surface area contributed by atoms with E-state index in [-0.39, 0.29) is 0 Å². The largest absolute Gasteiger partial charge is 0.322 e. The van der Waals surface area contributed by atoms with Crippen molar-refractivity contribution in [3.8, 4) is 0 Å². The summed E-state index contributed by atoms with van der Waals surface area (Å²) >= 11 is 0. The highest BCUT2D eigenvalue weighted by atomic mass is 15.1.